The molecule has 2 aromatic rings. The van der Waals surface area contributed by atoms with Crippen molar-refractivity contribution in [3.8, 4) is 5.69 Å². The van der Waals surface area contributed by atoms with E-state index in [0.29, 0.717) is 10.8 Å². The van der Waals surface area contributed by atoms with Gasteiger partial charge in [0, 0.05) is 0 Å². The van der Waals surface area contributed by atoms with Gasteiger partial charge in [-0.05, 0) is 24.6 Å². The topological polar surface area (TPSA) is 50.9 Å². The lowest BCUT2D eigenvalue weighted by molar-refractivity contribution is 0.269. The molecule has 4 nitrogen and oxygen atoms in total. The summed E-state index contributed by atoms with van der Waals surface area (Å²) >= 11 is 6.09. The van der Waals surface area contributed by atoms with Crippen LogP contribution in [-0.2, 0) is 6.61 Å². The maximum atomic E-state index is 9.05. The molecule has 0 aliphatic heterocycles. The second kappa shape index (κ2) is 4.00. The highest BCUT2D eigenvalue weighted by molar-refractivity contribution is 6.32. The molecule has 0 aliphatic carbocycles. The molecule has 0 atom stereocenters. The molecule has 0 unspecified atom stereocenters. The Balaban J connectivity index is 2.54. The SMILES string of the molecule is Cc1ccc(-n2cnnc2CO)c(Cl)c1. The first kappa shape index (κ1) is 10.1. The Morgan fingerprint density at radius 2 is 2.27 bits per heavy atom. The number of rotatable bonds is 2. The zero-order chi connectivity index (χ0) is 10.8. The summed E-state index contributed by atoms with van der Waals surface area (Å²) in [5.74, 6) is 0.473. The fraction of sp³-hybridized carbons (Fsp3) is 0.200. The predicted molar refractivity (Wildman–Crippen MR) is 57.0 cm³/mol. The van der Waals surface area contributed by atoms with E-state index < -0.39 is 0 Å². The fourth-order valence-corrected chi connectivity index (χ4v) is 1.70. The van der Waals surface area contributed by atoms with Gasteiger partial charge in [-0.15, -0.1) is 10.2 Å². The van der Waals surface area contributed by atoms with E-state index in [1.807, 2.05) is 25.1 Å². The normalized spacial score (nSPS) is 10.6. The van der Waals surface area contributed by atoms with Crippen LogP contribution in [-0.4, -0.2) is 19.9 Å². The van der Waals surface area contributed by atoms with Crippen molar-refractivity contribution >= 4 is 11.6 Å². The van der Waals surface area contributed by atoms with E-state index in [-0.39, 0.29) is 6.61 Å². The fourth-order valence-electron chi connectivity index (χ4n) is 1.38. The summed E-state index contributed by atoms with van der Waals surface area (Å²) in [7, 11) is 0. The van der Waals surface area contributed by atoms with Crippen molar-refractivity contribution in [2.45, 2.75) is 13.5 Å². The van der Waals surface area contributed by atoms with Gasteiger partial charge in [-0.25, -0.2) is 0 Å². The first-order chi connectivity index (χ1) is 7.22. The van der Waals surface area contributed by atoms with E-state index >= 15 is 0 Å². The van der Waals surface area contributed by atoms with Crippen LogP contribution in [0, 0.1) is 6.92 Å². The number of aliphatic hydroxyl groups is 1. The Morgan fingerprint density at radius 1 is 1.47 bits per heavy atom. The third kappa shape index (κ3) is 1.86. The molecule has 0 spiro atoms. The molecule has 1 heterocycles. The predicted octanol–water partition coefficient (Wildman–Crippen LogP) is 1.72. The Bertz CT molecular complexity index is 481. The number of benzene rings is 1. The van der Waals surface area contributed by atoms with Crippen LogP contribution in [0.5, 0.6) is 0 Å². The second-order valence-corrected chi connectivity index (χ2v) is 3.64. The molecule has 0 fully saturated rings. The number of hydrogen-bond donors (Lipinski definition) is 1. The van der Waals surface area contributed by atoms with Gasteiger partial charge in [0.15, 0.2) is 5.82 Å². The zero-order valence-electron chi connectivity index (χ0n) is 8.18. The summed E-state index contributed by atoms with van der Waals surface area (Å²) in [6, 6.07) is 5.68. The smallest absolute Gasteiger partial charge is 0.163 e. The summed E-state index contributed by atoms with van der Waals surface area (Å²) in [5.41, 5.74) is 1.86. The maximum Gasteiger partial charge on any atom is 0.163 e. The highest BCUT2D eigenvalue weighted by Gasteiger charge is 2.08. The molecule has 0 bridgehead atoms. The van der Waals surface area contributed by atoms with Gasteiger partial charge in [0.25, 0.3) is 0 Å². The number of nitrogens with zero attached hydrogens (tertiary/aromatic N) is 3. The molecular formula is C10H10ClN3O. The molecule has 0 saturated heterocycles. The molecule has 0 radical (unpaired) electrons. The number of halogens is 1. The zero-order valence-corrected chi connectivity index (χ0v) is 8.94. The largest absolute Gasteiger partial charge is 0.388 e. The Labute approximate surface area is 92.1 Å². The standard InChI is InChI=1S/C10H10ClN3O/c1-7-2-3-9(8(11)4-7)14-6-12-13-10(14)5-15/h2-4,6,15H,5H2,1H3. The lowest BCUT2D eigenvalue weighted by atomic mass is 10.2. The molecule has 15 heavy (non-hydrogen) atoms. The van der Waals surface area contributed by atoms with Crippen LogP contribution < -0.4 is 0 Å². The van der Waals surface area contributed by atoms with Crippen molar-refractivity contribution in [2.24, 2.45) is 0 Å². The van der Waals surface area contributed by atoms with E-state index in [4.69, 9.17) is 16.7 Å². The Morgan fingerprint density at radius 3 is 2.93 bits per heavy atom. The lowest BCUT2D eigenvalue weighted by Crippen LogP contribution is -2.00. The first-order valence-electron chi connectivity index (χ1n) is 4.48. The number of aryl methyl sites for hydroxylation is 1. The second-order valence-electron chi connectivity index (χ2n) is 3.23. The van der Waals surface area contributed by atoms with Crippen LogP contribution in [0.4, 0.5) is 0 Å². The van der Waals surface area contributed by atoms with Crippen molar-refractivity contribution in [3.63, 3.8) is 0 Å². The molecular weight excluding hydrogens is 214 g/mol. The number of aromatic nitrogens is 3. The van der Waals surface area contributed by atoms with Gasteiger partial charge in [0.2, 0.25) is 0 Å². The van der Waals surface area contributed by atoms with Gasteiger partial charge in [0.05, 0.1) is 10.7 Å². The quantitative estimate of drug-likeness (QED) is 0.844. The Hall–Kier alpha value is -1.39. The third-order valence-electron chi connectivity index (χ3n) is 2.12. The molecule has 2 rings (SSSR count). The van der Waals surface area contributed by atoms with Crippen LogP contribution in [0.3, 0.4) is 0 Å². The minimum absolute atomic E-state index is 0.162. The van der Waals surface area contributed by atoms with Gasteiger partial charge in [-0.1, -0.05) is 17.7 Å². The van der Waals surface area contributed by atoms with E-state index in [0.717, 1.165) is 11.3 Å². The minimum atomic E-state index is -0.162. The van der Waals surface area contributed by atoms with E-state index in [9.17, 15) is 0 Å². The van der Waals surface area contributed by atoms with E-state index in [1.54, 1.807) is 4.57 Å². The van der Waals surface area contributed by atoms with Crippen LogP contribution in [0.2, 0.25) is 5.02 Å². The summed E-state index contributed by atoms with van der Waals surface area (Å²) in [4.78, 5) is 0. The molecule has 1 aromatic heterocycles. The molecule has 0 saturated carbocycles. The summed E-state index contributed by atoms with van der Waals surface area (Å²) in [6.45, 7) is 1.80. The van der Waals surface area contributed by atoms with Crippen LogP contribution in [0.15, 0.2) is 24.5 Å². The first-order valence-corrected chi connectivity index (χ1v) is 4.86. The molecule has 1 N–H and O–H groups in total. The summed E-state index contributed by atoms with van der Waals surface area (Å²) in [6.07, 6.45) is 1.53. The van der Waals surface area contributed by atoms with E-state index in [2.05, 4.69) is 10.2 Å². The lowest BCUT2D eigenvalue weighted by Gasteiger charge is -2.07. The monoisotopic (exact) mass is 223 g/mol. The Kier molecular flexibility index (Phi) is 2.70. The van der Waals surface area contributed by atoms with Crippen LogP contribution in [0.1, 0.15) is 11.4 Å². The van der Waals surface area contributed by atoms with Gasteiger partial charge in [-0.3, -0.25) is 4.57 Å². The third-order valence-corrected chi connectivity index (χ3v) is 2.43. The van der Waals surface area contributed by atoms with Crippen molar-refractivity contribution in [3.05, 3.63) is 40.9 Å². The van der Waals surface area contributed by atoms with Crippen LogP contribution in [0.25, 0.3) is 5.69 Å². The molecule has 0 amide bonds. The average Bonchev–Trinajstić information content (AvgIpc) is 2.65. The molecule has 1 aromatic carbocycles. The van der Waals surface area contributed by atoms with Crippen molar-refractivity contribution in [1.29, 1.82) is 0 Å². The van der Waals surface area contributed by atoms with Gasteiger partial charge in [-0.2, -0.15) is 0 Å². The summed E-state index contributed by atoms with van der Waals surface area (Å²) in [5, 5.41) is 17.2. The highest BCUT2D eigenvalue weighted by Crippen LogP contribution is 2.22. The highest BCUT2D eigenvalue weighted by atomic mass is 35.5. The number of hydrogen-bond acceptors (Lipinski definition) is 3. The van der Waals surface area contributed by atoms with Crippen molar-refractivity contribution < 1.29 is 5.11 Å². The van der Waals surface area contributed by atoms with Crippen LogP contribution >= 0.6 is 11.6 Å². The van der Waals surface area contributed by atoms with Crippen molar-refractivity contribution in [1.82, 2.24) is 14.8 Å². The summed E-state index contributed by atoms with van der Waals surface area (Å²) < 4.78 is 1.67. The van der Waals surface area contributed by atoms with Gasteiger partial charge >= 0.3 is 0 Å². The molecule has 0 aliphatic rings. The minimum Gasteiger partial charge on any atom is -0.388 e. The average molecular weight is 224 g/mol. The van der Waals surface area contributed by atoms with Gasteiger partial charge in [0.1, 0.15) is 12.9 Å². The maximum absolute atomic E-state index is 9.05. The number of aliphatic hydroxyl groups excluding tert-OH is 1. The molecule has 78 valence electrons. The van der Waals surface area contributed by atoms with Gasteiger partial charge < -0.3 is 5.11 Å². The van der Waals surface area contributed by atoms with E-state index in [1.165, 1.54) is 6.33 Å². The molecule has 5 heteroatoms. The van der Waals surface area contributed by atoms with Crippen molar-refractivity contribution in [2.75, 3.05) is 0 Å².